The number of hydrogen-bond donors (Lipinski definition) is 3. The number of epoxide rings is 1. The molecule has 3 fully saturated rings. The molecule has 6 nitrogen and oxygen atoms in total. The zero-order valence-corrected chi connectivity index (χ0v) is 41.6. The van der Waals surface area contributed by atoms with E-state index in [-0.39, 0.29) is 39.9 Å². The first-order valence-electron chi connectivity index (χ1n) is 24.7. The minimum Gasteiger partial charge on any atom is -0.391 e. The van der Waals surface area contributed by atoms with Crippen LogP contribution < -0.4 is 11.1 Å². The lowest BCUT2D eigenvalue weighted by Gasteiger charge is -2.33. The van der Waals surface area contributed by atoms with Crippen molar-refractivity contribution in [3.05, 3.63) is 214 Å². The van der Waals surface area contributed by atoms with E-state index in [9.17, 15) is 22.7 Å². The Morgan fingerprint density at radius 3 is 1.30 bits per heavy atom. The lowest BCUT2D eigenvalue weighted by molar-refractivity contribution is 0.152. The molecule has 6 aromatic rings. The molecule has 0 radical (unpaired) electrons. The molecule has 3 aliphatic heterocycles. The van der Waals surface area contributed by atoms with E-state index in [1.807, 2.05) is 96.3 Å². The number of nitrogens with one attached hydrogen (secondary N) is 1. The monoisotopic (exact) mass is 992 g/mol. The third-order valence-electron chi connectivity index (χ3n) is 13.0. The Morgan fingerprint density at radius 1 is 0.543 bits per heavy atom. The smallest absolute Gasteiger partial charge is 0.123 e. The third-order valence-corrected chi connectivity index (χ3v) is 15.6. The van der Waals surface area contributed by atoms with Crippen LogP contribution >= 0.6 is 23.5 Å². The fourth-order valence-corrected chi connectivity index (χ4v) is 11.4. The van der Waals surface area contributed by atoms with Gasteiger partial charge in [-0.15, -0.1) is 23.5 Å². The van der Waals surface area contributed by atoms with Crippen molar-refractivity contribution in [2.24, 2.45) is 5.73 Å². The number of nitrogens with two attached hydrogens (primary N) is 1. The average Bonchev–Trinajstić information content (AvgIpc) is 4.21. The first-order valence-corrected chi connectivity index (χ1v) is 26.8. The van der Waals surface area contributed by atoms with Gasteiger partial charge in [0.05, 0.1) is 29.3 Å². The second-order valence-electron chi connectivity index (χ2n) is 18.4. The van der Waals surface area contributed by atoms with Crippen LogP contribution in [0.25, 0.3) is 0 Å². The number of halogens is 4. The normalized spacial score (nSPS) is 17.1. The van der Waals surface area contributed by atoms with Gasteiger partial charge in [-0.1, -0.05) is 109 Å². The molecule has 0 aliphatic carbocycles. The molecule has 70 heavy (non-hydrogen) atoms. The zero-order chi connectivity index (χ0) is 48.9. The van der Waals surface area contributed by atoms with Crippen LogP contribution in [0.15, 0.2) is 158 Å². The van der Waals surface area contributed by atoms with Gasteiger partial charge in [-0.3, -0.25) is 0 Å². The summed E-state index contributed by atoms with van der Waals surface area (Å²) in [6.07, 6.45) is 6.16. The highest BCUT2D eigenvalue weighted by Gasteiger charge is 2.23. The van der Waals surface area contributed by atoms with Gasteiger partial charge in [-0.2, -0.15) is 0 Å². The van der Waals surface area contributed by atoms with E-state index in [0.717, 1.165) is 117 Å². The molecule has 3 aliphatic rings. The Labute approximate surface area is 421 Å². The van der Waals surface area contributed by atoms with Crippen LogP contribution in [-0.2, 0) is 17.6 Å². The fourth-order valence-electron chi connectivity index (χ4n) is 8.78. The molecule has 0 saturated carbocycles. The van der Waals surface area contributed by atoms with Gasteiger partial charge >= 0.3 is 0 Å². The van der Waals surface area contributed by atoms with Gasteiger partial charge in [-0.25, -0.2) is 17.6 Å². The highest BCUT2D eigenvalue weighted by Crippen LogP contribution is 2.37. The zero-order valence-electron chi connectivity index (χ0n) is 39.9. The van der Waals surface area contributed by atoms with Crippen molar-refractivity contribution in [2.45, 2.75) is 73.3 Å². The van der Waals surface area contributed by atoms with Crippen LogP contribution in [0.4, 0.5) is 17.6 Å². The molecule has 0 spiro atoms. The van der Waals surface area contributed by atoms with Gasteiger partial charge in [0.2, 0.25) is 0 Å². The topological polar surface area (TPSA) is 77.3 Å². The number of hydrogen-bond acceptors (Lipinski definition) is 8. The van der Waals surface area contributed by atoms with E-state index in [0.29, 0.717) is 31.2 Å². The van der Waals surface area contributed by atoms with E-state index in [1.165, 1.54) is 54.1 Å². The van der Waals surface area contributed by atoms with Crippen LogP contribution in [-0.4, -0.2) is 103 Å². The van der Waals surface area contributed by atoms with Gasteiger partial charge in [0.1, 0.15) is 23.3 Å². The summed E-state index contributed by atoms with van der Waals surface area (Å²) in [5, 5.41) is 14.0. The van der Waals surface area contributed by atoms with Crippen LogP contribution in [0.2, 0.25) is 0 Å². The summed E-state index contributed by atoms with van der Waals surface area (Å²) >= 11 is 3.63. The summed E-state index contributed by atoms with van der Waals surface area (Å²) < 4.78 is 58.5. The molecule has 372 valence electrons. The number of benzene rings is 6. The highest BCUT2D eigenvalue weighted by atomic mass is 32.2. The molecular formula is C58H68F4N4O2S2. The minimum atomic E-state index is -0.373. The second kappa shape index (κ2) is 28.5. The number of likely N-dealkylation sites (tertiary alicyclic amines) is 2. The van der Waals surface area contributed by atoms with Crippen molar-refractivity contribution in [3.63, 3.8) is 0 Å². The quantitative estimate of drug-likeness (QED) is 0.0547. The molecular weight excluding hydrogens is 925 g/mol. The lowest BCUT2D eigenvalue weighted by atomic mass is 10.0. The Bertz CT molecular complexity index is 2260. The van der Waals surface area contributed by atoms with Gasteiger partial charge in [0.25, 0.3) is 0 Å². The molecule has 2 unspecified atom stereocenters. The summed E-state index contributed by atoms with van der Waals surface area (Å²) in [7, 11) is 0. The first-order chi connectivity index (χ1) is 34.1. The largest absolute Gasteiger partial charge is 0.391 e. The SMILES string of the molecule is NC1CCN(CCSC(c2ccc(F)cc2)c2ccc(F)cc2)CC1.OC(CNC1CCN(CCSC(c2ccc(F)cc2)c2ccc(F)cc2)CC1)Cc1ccccc1.c1ccc(CC2CO2)cc1. The van der Waals surface area contributed by atoms with E-state index in [1.54, 1.807) is 0 Å². The number of thioether (sulfide) groups is 2. The lowest BCUT2D eigenvalue weighted by Crippen LogP contribution is -2.45. The van der Waals surface area contributed by atoms with Gasteiger partial charge in [0, 0.05) is 49.6 Å². The van der Waals surface area contributed by atoms with Crippen molar-refractivity contribution in [1.82, 2.24) is 15.1 Å². The molecule has 12 heteroatoms. The number of aliphatic hydroxyl groups is 1. The number of nitrogens with zero attached hydrogens (tertiary/aromatic N) is 2. The molecule has 0 aromatic heterocycles. The minimum absolute atomic E-state index is 0.0431. The molecule has 9 rings (SSSR count). The number of aliphatic hydroxyl groups excluding tert-OH is 1. The average molecular weight is 993 g/mol. The van der Waals surface area contributed by atoms with Crippen molar-refractivity contribution in [3.8, 4) is 0 Å². The van der Waals surface area contributed by atoms with Gasteiger partial charge < -0.3 is 30.7 Å². The van der Waals surface area contributed by atoms with Crippen LogP contribution in [0.3, 0.4) is 0 Å². The van der Waals surface area contributed by atoms with Crippen molar-refractivity contribution in [1.29, 1.82) is 0 Å². The summed E-state index contributed by atoms with van der Waals surface area (Å²) in [5.41, 5.74) is 12.6. The Kier molecular flexibility index (Phi) is 21.7. The van der Waals surface area contributed by atoms with E-state index >= 15 is 0 Å². The van der Waals surface area contributed by atoms with Crippen molar-refractivity contribution in [2.75, 3.05) is 63.9 Å². The third kappa shape index (κ3) is 18.6. The maximum atomic E-state index is 13.4. The van der Waals surface area contributed by atoms with E-state index in [4.69, 9.17) is 10.5 Å². The van der Waals surface area contributed by atoms with Crippen LogP contribution in [0.1, 0.15) is 69.6 Å². The van der Waals surface area contributed by atoms with Gasteiger partial charge in [0.15, 0.2) is 0 Å². The highest BCUT2D eigenvalue weighted by molar-refractivity contribution is 8.00. The summed E-state index contributed by atoms with van der Waals surface area (Å²) in [6, 6.07) is 47.8. The Hall–Kier alpha value is -4.50. The fraction of sp³-hybridized carbons (Fsp3) is 0.379. The summed E-state index contributed by atoms with van der Waals surface area (Å²) in [6.45, 7) is 7.74. The van der Waals surface area contributed by atoms with E-state index < -0.39 is 0 Å². The molecule has 0 amide bonds. The van der Waals surface area contributed by atoms with Gasteiger partial charge in [-0.05, 0) is 140 Å². The molecule has 0 bridgehead atoms. The van der Waals surface area contributed by atoms with Crippen LogP contribution in [0.5, 0.6) is 0 Å². The standard InChI is InChI=1S/C29H34F2N2OS.C20H24F2N2S.C9H10O/c30-25-10-6-23(7-11-25)29(24-8-12-26(31)13-9-24)35-19-18-33-16-14-27(15-17-33)32-21-28(34)20-22-4-2-1-3-5-22;21-17-5-1-15(2-6-17)20(16-3-7-18(22)8-4-16)25-14-13-24-11-9-19(23)10-12-24;1-2-4-8(5-3-1)6-9-7-10-9/h1-13,27-29,32,34H,14-21H2;1-8,19-20H,9-14,23H2;1-5,9H,6-7H2. The summed E-state index contributed by atoms with van der Waals surface area (Å²) in [4.78, 5) is 4.93. The van der Waals surface area contributed by atoms with E-state index in [2.05, 4.69) is 51.5 Å². The van der Waals surface area contributed by atoms with Crippen molar-refractivity contribution >= 4 is 23.5 Å². The molecule has 4 N–H and O–H groups in total. The second-order valence-corrected chi connectivity index (χ2v) is 20.8. The first kappa shape index (κ1) is 53.3. The maximum absolute atomic E-state index is 13.4. The number of piperidine rings is 2. The number of rotatable bonds is 19. The molecule has 3 heterocycles. The number of ether oxygens (including phenoxy) is 1. The molecule has 3 saturated heterocycles. The molecule has 6 aromatic carbocycles. The van der Waals surface area contributed by atoms with Crippen molar-refractivity contribution < 1.29 is 27.4 Å². The molecule has 2 atom stereocenters. The van der Waals surface area contributed by atoms with Crippen LogP contribution in [0, 0.1) is 23.3 Å². The Morgan fingerprint density at radius 2 is 0.914 bits per heavy atom. The Balaban J connectivity index is 0.000000178. The maximum Gasteiger partial charge on any atom is 0.123 e. The predicted octanol–water partition coefficient (Wildman–Crippen LogP) is 11.3. The predicted molar refractivity (Wildman–Crippen MR) is 281 cm³/mol. The summed E-state index contributed by atoms with van der Waals surface area (Å²) in [5.74, 6) is 0.927.